The Morgan fingerprint density at radius 3 is 2.80 bits per heavy atom. The van der Waals surface area contributed by atoms with Gasteiger partial charge in [0.05, 0.1) is 6.10 Å². The number of piperidine rings is 1. The van der Waals surface area contributed by atoms with E-state index in [4.69, 9.17) is 9.47 Å². The molecule has 0 aromatic rings. The average Bonchev–Trinajstić information content (AvgIpc) is 2.17. The first-order chi connectivity index (χ1) is 7.16. The van der Waals surface area contributed by atoms with E-state index in [-0.39, 0.29) is 11.8 Å². The minimum absolute atomic E-state index is 0.0673. The van der Waals surface area contributed by atoms with Gasteiger partial charge in [0.2, 0.25) is 0 Å². The molecule has 1 N–H and O–H groups in total. The van der Waals surface area contributed by atoms with E-state index >= 15 is 0 Å². The average molecular weight is 213 g/mol. The number of hydrogen-bond acceptors (Lipinski definition) is 3. The van der Waals surface area contributed by atoms with E-state index in [0.717, 1.165) is 32.4 Å². The molecule has 2 rings (SSSR count). The fourth-order valence-corrected chi connectivity index (χ4v) is 2.46. The van der Waals surface area contributed by atoms with Crippen molar-refractivity contribution in [2.24, 2.45) is 0 Å². The van der Waals surface area contributed by atoms with Crippen LogP contribution in [-0.4, -0.2) is 31.1 Å². The lowest BCUT2D eigenvalue weighted by atomic mass is 9.91. The van der Waals surface area contributed by atoms with Crippen LogP contribution in [-0.2, 0) is 9.47 Å². The highest BCUT2D eigenvalue weighted by molar-refractivity contribution is 4.86. The Morgan fingerprint density at radius 1 is 1.27 bits per heavy atom. The molecule has 88 valence electrons. The Labute approximate surface area is 92.5 Å². The highest BCUT2D eigenvalue weighted by atomic mass is 16.7. The van der Waals surface area contributed by atoms with Crippen molar-refractivity contribution in [1.29, 1.82) is 0 Å². The molecule has 2 unspecified atom stereocenters. The van der Waals surface area contributed by atoms with Crippen molar-refractivity contribution in [2.75, 3.05) is 13.2 Å². The molecule has 3 nitrogen and oxygen atoms in total. The van der Waals surface area contributed by atoms with Gasteiger partial charge in [-0.1, -0.05) is 0 Å². The molecule has 2 fully saturated rings. The topological polar surface area (TPSA) is 30.5 Å². The lowest BCUT2D eigenvalue weighted by Gasteiger charge is -2.38. The van der Waals surface area contributed by atoms with Gasteiger partial charge in [0.25, 0.3) is 0 Å². The third kappa shape index (κ3) is 3.44. The molecule has 0 radical (unpaired) electrons. The van der Waals surface area contributed by atoms with Crippen LogP contribution in [0.15, 0.2) is 0 Å². The third-order valence-electron chi connectivity index (χ3n) is 3.29. The van der Waals surface area contributed by atoms with Crippen LogP contribution in [0.2, 0.25) is 0 Å². The molecular formula is C12H23NO2. The van der Waals surface area contributed by atoms with Gasteiger partial charge in [-0.3, -0.25) is 0 Å². The molecule has 0 amide bonds. The van der Waals surface area contributed by atoms with Gasteiger partial charge in [-0.15, -0.1) is 0 Å². The minimum atomic E-state index is 0.0673. The van der Waals surface area contributed by atoms with Crippen molar-refractivity contribution in [3.8, 4) is 0 Å². The van der Waals surface area contributed by atoms with E-state index in [1.54, 1.807) is 0 Å². The van der Waals surface area contributed by atoms with Gasteiger partial charge in [-0.25, -0.2) is 0 Å². The predicted molar refractivity (Wildman–Crippen MR) is 59.8 cm³/mol. The van der Waals surface area contributed by atoms with E-state index in [1.807, 2.05) is 0 Å². The van der Waals surface area contributed by atoms with E-state index < -0.39 is 0 Å². The molecule has 0 aromatic carbocycles. The molecule has 2 heterocycles. The number of ether oxygens (including phenoxy) is 2. The van der Waals surface area contributed by atoms with E-state index in [9.17, 15) is 0 Å². The zero-order valence-corrected chi connectivity index (χ0v) is 9.92. The van der Waals surface area contributed by atoms with Crippen LogP contribution < -0.4 is 5.32 Å². The summed E-state index contributed by atoms with van der Waals surface area (Å²) in [7, 11) is 0. The van der Waals surface area contributed by atoms with Crippen LogP contribution in [0.25, 0.3) is 0 Å². The van der Waals surface area contributed by atoms with Crippen LogP contribution in [0.4, 0.5) is 0 Å². The summed E-state index contributed by atoms with van der Waals surface area (Å²) in [6, 6.07) is 0. The molecule has 2 saturated heterocycles. The first-order valence-corrected chi connectivity index (χ1v) is 6.18. The molecule has 2 atom stereocenters. The molecule has 0 bridgehead atoms. The van der Waals surface area contributed by atoms with E-state index in [2.05, 4.69) is 19.2 Å². The number of rotatable bonds is 2. The highest BCUT2D eigenvalue weighted by Crippen LogP contribution is 2.24. The summed E-state index contributed by atoms with van der Waals surface area (Å²) in [4.78, 5) is 0. The maximum absolute atomic E-state index is 6.01. The summed E-state index contributed by atoms with van der Waals surface area (Å²) >= 11 is 0. The SMILES string of the molecule is CC1(C)CC(OC2CCCCO2)CCN1. The summed E-state index contributed by atoms with van der Waals surface area (Å²) < 4.78 is 11.6. The maximum atomic E-state index is 6.01. The molecule has 15 heavy (non-hydrogen) atoms. The Balaban J connectivity index is 1.78. The minimum Gasteiger partial charge on any atom is -0.353 e. The third-order valence-corrected chi connectivity index (χ3v) is 3.29. The monoisotopic (exact) mass is 213 g/mol. The first kappa shape index (κ1) is 11.4. The molecule has 2 aliphatic heterocycles. The first-order valence-electron chi connectivity index (χ1n) is 6.18. The number of hydrogen-bond donors (Lipinski definition) is 1. The van der Waals surface area contributed by atoms with Gasteiger partial charge in [0.1, 0.15) is 0 Å². The smallest absolute Gasteiger partial charge is 0.157 e. The summed E-state index contributed by atoms with van der Waals surface area (Å²) in [6.45, 7) is 6.41. The number of nitrogens with one attached hydrogen (secondary N) is 1. The van der Waals surface area contributed by atoms with Gasteiger partial charge < -0.3 is 14.8 Å². The zero-order chi connectivity index (χ0) is 10.7. The van der Waals surface area contributed by atoms with Crippen molar-refractivity contribution in [3.63, 3.8) is 0 Å². The molecule has 0 aromatic heterocycles. The quantitative estimate of drug-likeness (QED) is 0.761. The van der Waals surface area contributed by atoms with Gasteiger partial charge in [0, 0.05) is 12.1 Å². The van der Waals surface area contributed by atoms with Crippen LogP contribution in [0.3, 0.4) is 0 Å². The Hall–Kier alpha value is -0.120. The lowest BCUT2D eigenvalue weighted by Crippen LogP contribution is -2.49. The summed E-state index contributed by atoms with van der Waals surface area (Å²) in [5, 5.41) is 3.50. The standard InChI is InChI=1S/C12H23NO2/c1-12(2)9-10(6-7-13-12)15-11-5-3-4-8-14-11/h10-11,13H,3-9H2,1-2H3. The lowest BCUT2D eigenvalue weighted by molar-refractivity contribution is -0.196. The largest absolute Gasteiger partial charge is 0.353 e. The molecule has 0 aliphatic carbocycles. The van der Waals surface area contributed by atoms with Crippen LogP contribution in [0, 0.1) is 0 Å². The molecule has 0 saturated carbocycles. The molecule has 0 spiro atoms. The second-order valence-electron chi connectivity index (χ2n) is 5.36. The fourth-order valence-electron chi connectivity index (χ4n) is 2.46. The van der Waals surface area contributed by atoms with Gasteiger partial charge in [-0.2, -0.15) is 0 Å². The normalized spacial score (nSPS) is 36.4. The van der Waals surface area contributed by atoms with E-state index in [0.29, 0.717) is 6.10 Å². The predicted octanol–water partition coefficient (Wildman–Crippen LogP) is 2.06. The van der Waals surface area contributed by atoms with Crippen LogP contribution in [0.1, 0.15) is 46.0 Å². The fraction of sp³-hybridized carbons (Fsp3) is 1.00. The van der Waals surface area contributed by atoms with Gasteiger partial charge >= 0.3 is 0 Å². The van der Waals surface area contributed by atoms with Crippen LogP contribution in [0.5, 0.6) is 0 Å². The summed E-state index contributed by atoms with van der Waals surface area (Å²) in [5.74, 6) is 0. The molecule has 3 heteroatoms. The highest BCUT2D eigenvalue weighted by Gasteiger charge is 2.30. The summed E-state index contributed by atoms with van der Waals surface area (Å²) in [6.07, 6.45) is 6.17. The second-order valence-corrected chi connectivity index (χ2v) is 5.36. The van der Waals surface area contributed by atoms with Crippen molar-refractivity contribution in [3.05, 3.63) is 0 Å². The van der Waals surface area contributed by atoms with Crippen molar-refractivity contribution >= 4 is 0 Å². The summed E-state index contributed by atoms with van der Waals surface area (Å²) in [5.41, 5.74) is 0.220. The Bertz CT molecular complexity index is 200. The van der Waals surface area contributed by atoms with Crippen molar-refractivity contribution in [1.82, 2.24) is 5.32 Å². The van der Waals surface area contributed by atoms with Crippen molar-refractivity contribution < 1.29 is 9.47 Å². The Kier molecular flexibility index (Phi) is 3.65. The van der Waals surface area contributed by atoms with Gasteiger partial charge in [-0.05, 0) is 52.5 Å². The zero-order valence-electron chi connectivity index (χ0n) is 9.92. The molecular weight excluding hydrogens is 190 g/mol. The van der Waals surface area contributed by atoms with Crippen LogP contribution >= 0.6 is 0 Å². The van der Waals surface area contributed by atoms with Crippen molar-refractivity contribution in [2.45, 2.75) is 63.9 Å². The van der Waals surface area contributed by atoms with E-state index in [1.165, 1.54) is 12.8 Å². The van der Waals surface area contributed by atoms with Gasteiger partial charge in [0.15, 0.2) is 6.29 Å². The Morgan fingerprint density at radius 2 is 2.13 bits per heavy atom. The molecule has 2 aliphatic rings. The second kappa shape index (κ2) is 4.81. The maximum Gasteiger partial charge on any atom is 0.157 e.